The fraction of sp³-hybridized carbons (Fsp3) is 0.867. The molecule has 0 N–H and O–H groups in total. The molecule has 1 aliphatic rings. The molecule has 0 saturated heterocycles. The monoisotopic (exact) mass is 285 g/mol. The lowest BCUT2D eigenvalue weighted by Gasteiger charge is -2.30. The van der Waals surface area contributed by atoms with E-state index < -0.39 is 0 Å². The number of methoxy groups -OCH3 is 2. The molecule has 0 heterocycles. The number of ether oxygens (including phenoxy) is 2. The van der Waals surface area contributed by atoms with Crippen LogP contribution in [0, 0.1) is 11.8 Å². The third-order valence-corrected chi connectivity index (χ3v) is 3.91. The first-order valence-corrected chi connectivity index (χ1v) is 7.46. The molecule has 20 heavy (non-hydrogen) atoms. The second-order valence-corrected chi connectivity index (χ2v) is 5.76. The molecule has 1 rings (SSSR count). The van der Waals surface area contributed by atoms with Crippen molar-refractivity contribution >= 4 is 12.1 Å². The molecule has 1 aliphatic carbocycles. The van der Waals surface area contributed by atoms with Gasteiger partial charge in [0.15, 0.2) is 0 Å². The summed E-state index contributed by atoms with van der Waals surface area (Å²) >= 11 is 0. The van der Waals surface area contributed by atoms with E-state index in [4.69, 9.17) is 4.74 Å². The Morgan fingerprint density at radius 2 is 1.80 bits per heavy atom. The van der Waals surface area contributed by atoms with Crippen LogP contribution in [-0.2, 0) is 14.3 Å². The Morgan fingerprint density at radius 1 is 1.15 bits per heavy atom. The van der Waals surface area contributed by atoms with Gasteiger partial charge < -0.3 is 14.4 Å². The maximum atomic E-state index is 11.9. The Bertz CT molecular complexity index is 313. The smallest absolute Gasteiger partial charge is 0.409 e. The van der Waals surface area contributed by atoms with Crippen LogP contribution < -0.4 is 0 Å². The van der Waals surface area contributed by atoms with Gasteiger partial charge in [-0.1, -0.05) is 26.2 Å². The van der Waals surface area contributed by atoms with Crippen LogP contribution in [0.25, 0.3) is 0 Å². The maximum absolute atomic E-state index is 11.9. The lowest BCUT2D eigenvalue weighted by Crippen LogP contribution is -2.39. The number of hydrogen-bond acceptors (Lipinski definition) is 4. The molecule has 0 bridgehead atoms. The van der Waals surface area contributed by atoms with Gasteiger partial charge >= 0.3 is 12.1 Å². The summed E-state index contributed by atoms with van der Waals surface area (Å²) < 4.78 is 9.52. The topological polar surface area (TPSA) is 55.8 Å². The fourth-order valence-electron chi connectivity index (χ4n) is 2.84. The van der Waals surface area contributed by atoms with Gasteiger partial charge in [-0.05, 0) is 24.7 Å². The summed E-state index contributed by atoms with van der Waals surface area (Å²) in [4.78, 5) is 24.9. The molecule has 116 valence electrons. The van der Waals surface area contributed by atoms with Crippen molar-refractivity contribution in [3.63, 3.8) is 0 Å². The van der Waals surface area contributed by atoms with Crippen molar-refractivity contribution in [2.24, 2.45) is 11.8 Å². The van der Waals surface area contributed by atoms with Crippen molar-refractivity contribution in [3.8, 4) is 0 Å². The molecule has 0 radical (unpaired) electrons. The number of amides is 1. The van der Waals surface area contributed by atoms with E-state index in [2.05, 4.69) is 4.74 Å². The van der Waals surface area contributed by atoms with Crippen LogP contribution in [0.3, 0.4) is 0 Å². The van der Waals surface area contributed by atoms with Gasteiger partial charge in [-0.15, -0.1) is 0 Å². The Labute approximate surface area is 121 Å². The molecule has 1 amide bonds. The molecule has 1 atom stereocenters. The lowest BCUT2D eigenvalue weighted by atomic mass is 9.89. The largest absolute Gasteiger partial charge is 0.469 e. The number of esters is 1. The van der Waals surface area contributed by atoms with Gasteiger partial charge in [0, 0.05) is 19.5 Å². The van der Waals surface area contributed by atoms with Crippen molar-refractivity contribution in [1.29, 1.82) is 0 Å². The van der Waals surface area contributed by atoms with Crippen LogP contribution in [0.4, 0.5) is 4.79 Å². The highest BCUT2D eigenvalue weighted by Crippen LogP contribution is 2.25. The Kier molecular flexibility index (Phi) is 7.41. The van der Waals surface area contributed by atoms with E-state index >= 15 is 0 Å². The minimum atomic E-state index is -0.299. The zero-order chi connectivity index (χ0) is 15.0. The summed E-state index contributed by atoms with van der Waals surface area (Å²) in [6.45, 7) is 3.23. The highest BCUT2D eigenvalue weighted by atomic mass is 16.5. The highest BCUT2D eigenvalue weighted by molar-refractivity contribution is 5.70. The van der Waals surface area contributed by atoms with Crippen LogP contribution in [-0.4, -0.2) is 44.3 Å². The van der Waals surface area contributed by atoms with E-state index in [9.17, 15) is 9.59 Å². The van der Waals surface area contributed by atoms with E-state index in [1.807, 2.05) is 6.92 Å². The van der Waals surface area contributed by atoms with E-state index in [1.165, 1.54) is 46.3 Å². The summed E-state index contributed by atoms with van der Waals surface area (Å²) in [6, 6.07) is 0. The van der Waals surface area contributed by atoms with Gasteiger partial charge in [-0.2, -0.15) is 0 Å². The van der Waals surface area contributed by atoms with E-state index in [1.54, 1.807) is 4.90 Å². The number of rotatable bonds is 6. The number of hydrogen-bond donors (Lipinski definition) is 0. The summed E-state index contributed by atoms with van der Waals surface area (Å²) in [7, 11) is 2.79. The molecule has 5 nitrogen and oxygen atoms in total. The van der Waals surface area contributed by atoms with E-state index in [0.717, 1.165) is 6.54 Å². The summed E-state index contributed by atoms with van der Waals surface area (Å²) in [5, 5.41) is 0. The third kappa shape index (κ3) is 5.80. The molecule has 0 aromatic heterocycles. The maximum Gasteiger partial charge on any atom is 0.409 e. The van der Waals surface area contributed by atoms with Crippen LogP contribution in [0.2, 0.25) is 0 Å². The molecule has 0 aliphatic heterocycles. The number of carbonyl (C=O) groups is 2. The van der Waals surface area contributed by atoms with Crippen molar-refractivity contribution in [1.82, 2.24) is 4.90 Å². The van der Waals surface area contributed by atoms with Gasteiger partial charge in [-0.25, -0.2) is 4.79 Å². The summed E-state index contributed by atoms with van der Waals surface area (Å²) in [6.07, 6.45) is 6.18. The molecule has 1 unspecified atom stereocenters. The van der Waals surface area contributed by atoms with Gasteiger partial charge in [0.2, 0.25) is 0 Å². The Hall–Kier alpha value is -1.26. The first-order valence-electron chi connectivity index (χ1n) is 7.46. The number of nitrogens with zero attached hydrogens (tertiary/aromatic N) is 1. The number of carbonyl (C=O) groups excluding carboxylic acids is 2. The van der Waals surface area contributed by atoms with Gasteiger partial charge in [0.1, 0.15) is 0 Å². The average molecular weight is 285 g/mol. The zero-order valence-corrected chi connectivity index (χ0v) is 12.9. The van der Waals surface area contributed by atoms with Crippen LogP contribution in [0.5, 0.6) is 0 Å². The summed E-state index contributed by atoms with van der Waals surface area (Å²) in [5.41, 5.74) is 0. The second-order valence-electron chi connectivity index (χ2n) is 5.76. The van der Waals surface area contributed by atoms with E-state index in [-0.39, 0.29) is 18.0 Å². The standard InChI is InChI=1S/C15H27NO4/c1-12(9-14(17)19-2)10-16(15(18)20-3)11-13-7-5-4-6-8-13/h12-13H,4-11H2,1-3H3. The van der Waals surface area contributed by atoms with E-state index in [0.29, 0.717) is 18.9 Å². The zero-order valence-electron chi connectivity index (χ0n) is 12.9. The first-order chi connectivity index (χ1) is 9.56. The van der Waals surface area contributed by atoms with Gasteiger partial charge in [-0.3, -0.25) is 4.79 Å². The van der Waals surface area contributed by atoms with Gasteiger partial charge in [0.25, 0.3) is 0 Å². The van der Waals surface area contributed by atoms with Crippen molar-refractivity contribution in [2.75, 3.05) is 27.3 Å². The minimum absolute atomic E-state index is 0.0742. The van der Waals surface area contributed by atoms with Crippen molar-refractivity contribution < 1.29 is 19.1 Å². The normalized spacial score (nSPS) is 17.4. The predicted molar refractivity (Wildman–Crippen MR) is 76.4 cm³/mol. The molecule has 1 fully saturated rings. The van der Waals surface area contributed by atoms with Crippen molar-refractivity contribution in [2.45, 2.75) is 45.4 Å². The van der Waals surface area contributed by atoms with Crippen LogP contribution in [0.15, 0.2) is 0 Å². The fourth-order valence-corrected chi connectivity index (χ4v) is 2.84. The van der Waals surface area contributed by atoms with Crippen LogP contribution in [0.1, 0.15) is 45.4 Å². The SMILES string of the molecule is COC(=O)CC(C)CN(CC1CCCCC1)C(=O)OC. The minimum Gasteiger partial charge on any atom is -0.469 e. The quantitative estimate of drug-likeness (QED) is 0.704. The molecule has 0 aromatic carbocycles. The average Bonchev–Trinajstić information content (AvgIpc) is 2.46. The highest BCUT2D eigenvalue weighted by Gasteiger charge is 2.23. The molecular weight excluding hydrogens is 258 g/mol. The molecule has 0 aromatic rings. The van der Waals surface area contributed by atoms with Crippen molar-refractivity contribution in [3.05, 3.63) is 0 Å². The molecule has 1 saturated carbocycles. The first kappa shape index (κ1) is 16.8. The van der Waals surface area contributed by atoms with Crippen LogP contribution >= 0.6 is 0 Å². The Morgan fingerprint density at radius 3 is 2.35 bits per heavy atom. The molecule has 5 heteroatoms. The molecular formula is C15H27NO4. The molecule has 0 spiro atoms. The third-order valence-electron chi connectivity index (χ3n) is 3.91. The van der Waals surface area contributed by atoms with Gasteiger partial charge in [0.05, 0.1) is 14.2 Å². The predicted octanol–water partition coefficient (Wildman–Crippen LogP) is 2.83. The second kappa shape index (κ2) is 8.82. The summed E-state index contributed by atoms with van der Waals surface area (Å²) in [5.74, 6) is 0.401. The Balaban J connectivity index is 2.50. The lowest BCUT2D eigenvalue weighted by molar-refractivity contribution is -0.141.